The monoisotopic (exact) mass is 311 g/mol. The van der Waals surface area contributed by atoms with E-state index < -0.39 is 0 Å². The normalized spacial score (nSPS) is 12.3. The average Bonchev–Trinajstić information content (AvgIpc) is 3.08. The zero-order valence-corrected chi connectivity index (χ0v) is 13.1. The van der Waals surface area contributed by atoms with Crippen LogP contribution >= 0.6 is 11.6 Å². The van der Waals surface area contributed by atoms with Crippen LogP contribution in [0.15, 0.2) is 60.9 Å². The Bertz CT molecular complexity index is 703. The Hall–Kier alpha value is -2.10. The van der Waals surface area contributed by atoms with Gasteiger partial charge in [0.05, 0.1) is 6.20 Å². The van der Waals surface area contributed by atoms with Crippen molar-refractivity contribution < 1.29 is 0 Å². The fourth-order valence-corrected chi connectivity index (χ4v) is 2.77. The van der Waals surface area contributed by atoms with Gasteiger partial charge in [-0.25, -0.2) is 0 Å². The number of aromatic amines is 1. The molecule has 0 amide bonds. The summed E-state index contributed by atoms with van der Waals surface area (Å²) in [6.45, 7) is 0.882. The largest absolute Gasteiger partial charge is 0.319 e. The van der Waals surface area contributed by atoms with Gasteiger partial charge in [-0.05, 0) is 35.9 Å². The Labute approximate surface area is 135 Å². The van der Waals surface area contributed by atoms with Gasteiger partial charge < -0.3 is 5.32 Å². The highest BCUT2D eigenvalue weighted by molar-refractivity contribution is 6.30. The summed E-state index contributed by atoms with van der Waals surface area (Å²) < 4.78 is 0. The van der Waals surface area contributed by atoms with Crippen LogP contribution in [0.1, 0.15) is 17.0 Å². The van der Waals surface area contributed by atoms with Gasteiger partial charge in [-0.2, -0.15) is 5.10 Å². The number of nitrogens with one attached hydrogen (secondary N) is 2. The van der Waals surface area contributed by atoms with Crippen LogP contribution in [0.4, 0.5) is 0 Å². The fourth-order valence-electron chi connectivity index (χ4n) is 2.64. The first kappa shape index (κ1) is 14.8. The van der Waals surface area contributed by atoms with E-state index in [1.165, 1.54) is 11.1 Å². The zero-order chi connectivity index (χ0) is 15.4. The average molecular weight is 312 g/mol. The smallest absolute Gasteiger partial charge is 0.0565 e. The van der Waals surface area contributed by atoms with E-state index in [1.54, 1.807) is 0 Å². The Morgan fingerprint density at radius 2 is 1.64 bits per heavy atom. The van der Waals surface area contributed by atoms with Crippen molar-refractivity contribution in [1.82, 2.24) is 15.5 Å². The van der Waals surface area contributed by atoms with Gasteiger partial charge in [0.2, 0.25) is 0 Å². The number of halogens is 1. The number of rotatable bonds is 5. The van der Waals surface area contributed by atoms with Crippen molar-refractivity contribution in [3.8, 4) is 11.1 Å². The van der Waals surface area contributed by atoms with E-state index in [-0.39, 0.29) is 0 Å². The lowest BCUT2D eigenvalue weighted by atomic mass is 9.90. The summed E-state index contributed by atoms with van der Waals surface area (Å²) in [5.74, 6) is 0.306. The molecule has 0 aliphatic carbocycles. The van der Waals surface area contributed by atoms with Crippen LogP contribution in [0.25, 0.3) is 11.1 Å². The molecule has 0 spiro atoms. The van der Waals surface area contributed by atoms with E-state index in [9.17, 15) is 0 Å². The molecule has 2 aromatic carbocycles. The van der Waals surface area contributed by atoms with Crippen LogP contribution in [0.5, 0.6) is 0 Å². The molecule has 0 aliphatic rings. The number of benzene rings is 2. The molecular formula is C18H18ClN3. The van der Waals surface area contributed by atoms with Crippen LogP contribution in [-0.4, -0.2) is 23.8 Å². The number of H-pyrrole nitrogens is 1. The predicted octanol–water partition coefficient (Wildman–Crippen LogP) is 4.08. The number of likely N-dealkylation sites (N-methyl/N-ethyl adjacent to an activating group) is 1. The molecule has 22 heavy (non-hydrogen) atoms. The van der Waals surface area contributed by atoms with Gasteiger partial charge in [0.15, 0.2) is 0 Å². The van der Waals surface area contributed by atoms with Crippen molar-refractivity contribution in [3.05, 3.63) is 77.1 Å². The maximum Gasteiger partial charge on any atom is 0.0565 e. The number of aromatic nitrogens is 2. The standard InChI is InChI=1S/C18H18ClN3/c1-20-12-18(15-6-8-17(19)9-7-15)14-4-2-13(3-5-14)16-10-21-22-11-16/h2-11,18,20H,12H2,1H3,(H,21,22). The van der Waals surface area contributed by atoms with Crippen molar-refractivity contribution in [2.75, 3.05) is 13.6 Å². The van der Waals surface area contributed by atoms with Crippen LogP contribution < -0.4 is 5.32 Å². The second kappa shape index (κ2) is 6.77. The molecule has 0 radical (unpaired) electrons. The molecule has 1 unspecified atom stereocenters. The van der Waals surface area contributed by atoms with Gasteiger partial charge in [-0.1, -0.05) is 48.0 Å². The minimum absolute atomic E-state index is 0.306. The first-order chi connectivity index (χ1) is 10.8. The molecule has 0 saturated carbocycles. The third-order valence-corrected chi connectivity index (χ3v) is 4.08. The van der Waals surface area contributed by atoms with E-state index in [4.69, 9.17) is 11.6 Å². The lowest BCUT2D eigenvalue weighted by molar-refractivity contribution is 0.708. The van der Waals surface area contributed by atoms with Crippen LogP contribution in [0, 0.1) is 0 Å². The minimum atomic E-state index is 0.306. The number of hydrogen-bond acceptors (Lipinski definition) is 2. The van der Waals surface area contributed by atoms with Gasteiger partial charge >= 0.3 is 0 Å². The Morgan fingerprint density at radius 3 is 2.18 bits per heavy atom. The highest BCUT2D eigenvalue weighted by Crippen LogP contribution is 2.27. The topological polar surface area (TPSA) is 40.7 Å². The summed E-state index contributed by atoms with van der Waals surface area (Å²) in [6.07, 6.45) is 3.73. The summed E-state index contributed by atoms with van der Waals surface area (Å²) >= 11 is 5.99. The minimum Gasteiger partial charge on any atom is -0.319 e. The molecule has 3 rings (SSSR count). The van der Waals surface area contributed by atoms with Crippen molar-refractivity contribution in [2.45, 2.75) is 5.92 Å². The third-order valence-electron chi connectivity index (χ3n) is 3.83. The highest BCUT2D eigenvalue weighted by Gasteiger charge is 2.13. The maximum atomic E-state index is 5.99. The molecule has 0 bridgehead atoms. The summed E-state index contributed by atoms with van der Waals surface area (Å²) in [6, 6.07) is 16.7. The van der Waals surface area contributed by atoms with E-state index in [1.807, 2.05) is 31.6 Å². The Morgan fingerprint density at radius 1 is 1.00 bits per heavy atom. The molecule has 0 aliphatic heterocycles. The van der Waals surface area contributed by atoms with Gasteiger partial charge in [-0.3, -0.25) is 5.10 Å². The number of nitrogens with zero attached hydrogens (tertiary/aromatic N) is 1. The number of hydrogen-bond donors (Lipinski definition) is 2. The second-order valence-electron chi connectivity index (χ2n) is 5.27. The van der Waals surface area contributed by atoms with Gasteiger partial charge in [0, 0.05) is 29.2 Å². The van der Waals surface area contributed by atoms with Gasteiger partial charge in [0.1, 0.15) is 0 Å². The van der Waals surface area contributed by atoms with Gasteiger partial charge in [-0.15, -0.1) is 0 Å². The SMILES string of the molecule is CNCC(c1ccc(Cl)cc1)c1ccc(-c2cn[nH]c2)cc1. The van der Waals surface area contributed by atoms with Gasteiger partial charge in [0.25, 0.3) is 0 Å². The molecule has 4 heteroatoms. The molecular weight excluding hydrogens is 294 g/mol. The second-order valence-corrected chi connectivity index (χ2v) is 5.71. The fraction of sp³-hybridized carbons (Fsp3) is 0.167. The first-order valence-electron chi connectivity index (χ1n) is 7.27. The molecule has 3 nitrogen and oxygen atoms in total. The molecule has 1 aromatic heterocycles. The molecule has 3 aromatic rings. The van der Waals surface area contributed by atoms with E-state index in [0.29, 0.717) is 5.92 Å². The van der Waals surface area contributed by atoms with Crippen LogP contribution in [0.3, 0.4) is 0 Å². The maximum absolute atomic E-state index is 5.99. The summed E-state index contributed by atoms with van der Waals surface area (Å²) in [5, 5.41) is 10.9. The lowest BCUT2D eigenvalue weighted by Crippen LogP contribution is -2.18. The third kappa shape index (κ3) is 3.21. The molecule has 0 saturated heterocycles. The molecule has 1 heterocycles. The Kier molecular flexibility index (Phi) is 4.56. The summed E-state index contributed by atoms with van der Waals surface area (Å²) in [5.41, 5.74) is 4.80. The van der Waals surface area contributed by atoms with E-state index >= 15 is 0 Å². The van der Waals surface area contributed by atoms with Crippen molar-refractivity contribution >= 4 is 11.6 Å². The first-order valence-corrected chi connectivity index (χ1v) is 7.65. The van der Waals surface area contributed by atoms with Crippen molar-refractivity contribution in [3.63, 3.8) is 0 Å². The van der Waals surface area contributed by atoms with E-state index in [2.05, 4.69) is 51.9 Å². The molecule has 112 valence electrons. The van der Waals surface area contributed by atoms with Crippen LogP contribution in [0.2, 0.25) is 5.02 Å². The van der Waals surface area contributed by atoms with Crippen LogP contribution in [-0.2, 0) is 0 Å². The summed E-state index contributed by atoms with van der Waals surface area (Å²) in [7, 11) is 1.97. The molecule has 0 fully saturated rings. The van der Waals surface area contributed by atoms with Crippen molar-refractivity contribution in [2.24, 2.45) is 0 Å². The molecule has 1 atom stereocenters. The molecule has 2 N–H and O–H groups in total. The predicted molar refractivity (Wildman–Crippen MR) is 91.2 cm³/mol. The Balaban J connectivity index is 1.90. The lowest BCUT2D eigenvalue weighted by Gasteiger charge is -2.18. The van der Waals surface area contributed by atoms with Crippen molar-refractivity contribution in [1.29, 1.82) is 0 Å². The summed E-state index contributed by atoms with van der Waals surface area (Å²) in [4.78, 5) is 0. The quantitative estimate of drug-likeness (QED) is 0.745. The van der Waals surface area contributed by atoms with E-state index in [0.717, 1.165) is 22.7 Å². The highest BCUT2D eigenvalue weighted by atomic mass is 35.5. The zero-order valence-electron chi connectivity index (χ0n) is 12.4.